The number of nitrogens with zero attached hydrogens (tertiary/aromatic N) is 1. The van der Waals surface area contributed by atoms with Crippen molar-refractivity contribution in [3.8, 4) is 5.75 Å². The molecule has 1 aromatic heterocycles. The van der Waals surface area contributed by atoms with Gasteiger partial charge in [-0.2, -0.15) is 0 Å². The van der Waals surface area contributed by atoms with Crippen molar-refractivity contribution in [1.82, 2.24) is 4.98 Å². The van der Waals surface area contributed by atoms with Crippen LogP contribution >= 0.6 is 0 Å². The molecule has 0 aliphatic carbocycles. The van der Waals surface area contributed by atoms with Crippen molar-refractivity contribution < 1.29 is 13.2 Å². The predicted octanol–water partition coefficient (Wildman–Crippen LogP) is 0.738. The largest absolute Gasteiger partial charge is 0.488 e. The van der Waals surface area contributed by atoms with E-state index in [0.717, 1.165) is 10.9 Å². The molecular formula is C13H14N2O3S. The number of aromatic nitrogens is 1. The summed E-state index contributed by atoms with van der Waals surface area (Å²) in [5.41, 5.74) is 6.67. The number of benzene rings is 1. The second-order valence-corrected chi connectivity index (χ2v) is 6.91. The first-order valence-electron chi connectivity index (χ1n) is 6.01. The molecule has 0 amide bonds. The van der Waals surface area contributed by atoms with Crippen molar-refractivity contribution in [1.29, 1.82) is 0 Å². The lowest BCUT2D eigenvalue weighted by molar-refractivity contribution is 0.209. The van der Waals surface area contributed by atoms with Crippen LogP contribution in [0.15, 0.2) is 36.5 Å². The number of hydrogen-bond acceptors (Lipinski definition) is 5. The van der Waals surface area contributed by atoms with E-state index in [1.807, 2.05) is 24.3 Å². The van der Waals surface area contributed by atoms with Crippen LogP contribution in [0.3, 0.4) is 0 Å². The van der Waals surface area contributed by atoms with Gasteiger partial charge in [-0.1, -0.05) is 6.07 Å². The van der Waals surface area contributed by atoms with Crippen LogP contribution in [0.2, 0.25) is 0 Å². The summed E-state index contributed by atoms with van der Waals surface area (Å²) in [6, 6.07) is 8.79. The van der Waals surface area contributed by atoms with Gasteiger partial charge in [0.1, 0.15) is 11.9 Å². The standard InChI is InChI=1S/C13H14N2O3S/c14-11-7-19(16,17)8-13(11)18-10-3-4-12-9(6-10)2-1-5-15-12/h1-6,11,13H,7-8,14H2. The molecule has 0 bridgehead atoms. The van der Waals surface area contributed by atoms with E-state index >= 15 is 0 Å². The van der Waals surface area contributed by atoms with Gasteiger partial charge >= 0.3 is 0 Å². The van der Waals surface area contributed by atoms with E-state index < -0.39 is 22.0 Å². The first-order valence-corrected chi connectivity index (χ1v) is 7.83. The van der Waals surface area contributed by atoms with Gasteiger partial charge in [0.05, 0.1) is 23.1 Å². The van der Waals surface area contributed by atoms with Gasteiger partial charge < -0.3 is 10.5 Å². The summed E-state index contributed by atoms with van der Waals surface area (Å²) in [4.78, 5) is 4.22. The Labute approximate surface area is 111 Å². The molecule has 2 heterocycles. The topological polar surface area (TPSA) is 82.3 Å². The van der Waals surface area contributed by atoms with Gasteiger partial charge in [-0.25, -0.2) is 8.42 Å². The van der Waals surface area contributed by atoms with Crippen LogP contribution in [-0.2, 0) is 9.84 Å². The Bertz CT molecular complexity index is 715. The summed E-state index contributed by atoms with van der Waals surface area (Å²) >= 11 is 0. The fraction of sp³-hybridized carbons (Fsp3) is 0.308. The van der Waals surface area contributed by atoms with Gasteiger partial charge in [-0.05, 0) is 24.3 Å². The molecule has 100 valence electrons. The van der Waals surface area contributed by atoms with Crippen molar-refractivity contribution in [2.45, 2.75) is 12.1 Å². The second kappa shape index (κ2) is 4.47. The minimum atomic E-state index is -3.07. The highest BCUT2D eigenvalue weighted by atomic mass is 32.2. The number of sulfone groups is 1. The third-order valence-corrected chi connectivity index (χ3v) is 4.93. The lowest BCUT2D eigenvalue weighted by atomic mass is 10.2. The molecule has 2 atom stereocenters. The van der Waals surface area contributed by atoms with Crippen molar-refractivity contribution >= 4 is 20.7 Å². The van der Waals surface area contributed by atoms with Gasteiger partial charge in [0.2, 0.25) is 0 Å². The minimum absolute atomic E-state index is 0.00714. The zero-order chi connectivity index (χ0) is 13.5. The Morgan fingerprint density at radius 2 is 2.11 bits per heavy atom. The number of fused-ring (bicyclic) bond motifs is 1. The number of pyridine rings is 1. The first kappa shape index (κ1) is 12.4. The van der Waals surface area contributed by atoms with Crippen molar-refractivity contribution in [3.05, 3.63) is 36.5 Å². The molecule has 2 aromatic rings. The van der Waals surface area contributed by atoms with E-state index in [1.54, 1.807) is 12.3 Å². The fourth-order valence-corrected chi connectivity index (χ4v) is 4.02. The molecule has 2 N–H and O–H groups in total. The van der Waals surface area contributed by atoms with Crippen LogP contribution < -0.4 is 10.5 Å². The zero-order valence-electron chi connectivity index (χ0n) is 10.2. The maximum absolute atomic E-state index is 11.5. The predicted molar refractivity (Wildman–Crippen MR) is 72.8 cm³/mol. The molecule has 2 unspecified atom stereocenters. The Kier molecular flexibility index (Phi) is 2.91. The Balaban J connectivity index is 1.86. The molecule has 1 aliphatic rings. The van der Waals surface area contributed by atoms with E-state index in [2.05, 4.69) is 4.98 Å². The van der Waals surface area contributed by atoms with Crippen LogP contribution in [0.1, 0.15) is 0 Å². The number of ether oxygens (including phenoxy) is 1. The molecule has 1 saturated heterocycles. The lowest BCUT2D eigenvalue weighted by Gasteiger charge is -2.16. The van der Waals surface area contributed by atoms with Gasteiger partial charge in [-0.15, -0.1) is 0 Å². The summed E-state index contributed by atoms with van der Waals surface area (Å²) < 4.78 is 28.7. The van der Waals surface area contributed by atoms with Gasteiger partial charge in [-0.3, -0.25) is 4.98 Å². The summed E-state index contributed by atoms with van der Waals surface area (Å²) in [5.74, 6) is 0.601. The van der Waals surface area contributed by atoms with E-state index in [0.29, 0.717) is 5.75 Å². The van der Waals surface area contributed by atoms with Crippen LogP contribution in [0.25, 0.3) is 10.9 Å². The number of nitrogens with two attached hydrogens (primary N) is 1. The van der Waals surface area contributed by atoms with Crippen molar-refractivity contribution in [3.63, 3.8) is 0 Å². The number of rotatable bonds is 2. The average Bonchev–Trinajstić information content (AvgIpc) is 2.62. The third kappa shape index (κ3) is 2.54. The van der Waals surface area contributed by atoms with E-state index in [-0.39, 0.29) is 11.5 Å². The van der Waals surface area contributed by atoms with E-state index in [4.69, 9.17) is 10.5 Å². The van der Waals surface area contributed by atoms with Crippen molar-refractivity contribution in [2.24, 2.45) is 5.73 Å². The Morgan fingerprint density at radius 3 is 2.84 bits per heavy atom. The van der Waals surface area contributed by atoms with Gasteiger partial charge in [0.15, 0.2) is 9.84 Å². The molecule has 0 saturated carbocycles. The van der Waals surface area contributed by atoms with Crippen LogP contribution in [0, 0.1) is 0 Å². The highest BCUT2D eigenvalue weighted by molar-refractivity contribution is 7.91. The summed E-state index contributed by atoms with van der Waals surface area (Å²) in [6.07, 6.45) is 1.25. The normalized spacial score (nSPS) is 25.5. The maximum atomic E-state index is 11.5. The zero-order valence-corrected chi connectivity index (χ0v) is 11.0. The van der Waals surface area contributed by atoms with Crippen LogP contribution in [0.4, 0.5) is 0 Å². The molecule has 3 rings (SSSR count). The van der Waals surface area contributed by atoms with E-state index in [1.165, 1.54) is 0 Å². The monoisotopic (exact) mass is 278 g/mol. The molecule has 1 aliphatic heterocycles. The van der Waals surface area contributed by atoms with Crippen LogP contribution in [-0.4, -0.2) is 37.1 Å². The van der Waals surface area contributed by atoms with Crippen molar-refractivity contribution in [2.75, 3.05) is 11.5 Å². The summed E-state index contributed by atoms with van der Waals surface area (Å²) in [6.45, 7) is 0. The highest BCUT2D eigenvalue weighted by Gasteiger charge is 2.36. The highest BCUT2D eigenvalue weighted by Crippen LogP contribution is 2.23. The Hall–Kier alpha value is -1.66. The molecule has 0 spiro atoms. The summed E-state index contributed by atoms with van der Waals surface area (Å²) in [5, 5.41) is 0.953. The molecule has 5 nitrogen and oxygen atoms in total. The smallest absolute Gasteiger partial charge is 0.155 e. The van der Waals surface area contributed by atoms with Gasteiger partial charge in [0.25, 0.3) is 0 Å². The van der Waals surface area contributed by atoms with Crippen LogP contribution in [0.5, 0.6) is 5.75 Å². The Morgan fingerprint density at radius 1 is 1.26 bits per heavy atom. The quantitative estimate of drug-likeness (QED) is 0.876. The molecule has 0 radical (unpaired) electrons. The first-order chi connectivity index (χ1) is 9.03. The molecule has 6 heteroatoms. The molecule has 19 heavy (non-hydrogen) atoms. The molecule has 1 aromatic carbocycles. The third-order valence-electron chi connectivity index (χ3n) is 3.20. The maximum Gasteiger partial charge on any atom is 0.155 e. The average molecular weight is 278 g/mol. The van der Waals surface area contributed by atoms with Gasteiger partial charge in [0, 0.05) is 11.6 Å². The SMILES string of the molecule is NC1CS(=O)(=O)CC1Oc1ccc2ncccc2c1. The summed E-state index contributed by atoms with van der Waals surface area (Å²) in [7, 11) is -3.07. The molecule has 1 fully saturated rings. The lowest BCUT2D eigenvalue weighted by Crippen LogP contribution is -2.37. The van der Waals surface area contributed by atoms with E-state index in [9.17, 15) is 8.42 Å². The fourth-order valence-electron chi connectivity index (χ4n) is 2.27. The second-order valence-electron chi connectivity index (χ2n) is 4.75. The minimum Gasteiger partial charge on any atom is -0.488 e. The number of hydrogen-bond donors (Lipinski definition) is 1. The molecular weight excluding hydrogens is 264 g/mol.